The van der Waals surface area contributed by atoms with Crippen molar-refractivity contribution in [1.82, 2.24) is 9.55 Å². The zero-order valence-electron chi connectivity index (χ0n) is 8.99. The third-order valence-electron chi connectivity index (χ3n) is 2.74. The average molecular weight is 370 g/mol. The van der Waals surface area contributed by atoms with E-state index in [0.717, 1.165) is 0 Å². The SMILES string of the molecule is O=c1[nH]cc(I)c(=O)n1C1O[C@H](CO)[C@@H](O)[C@@H]1O. The van der Waals surface area contributed by atoms with E-state index in [1.54, 1.807) is 22.6 Å². The first-order valence-corrected chi connectivity index (χ1v) is 6.17. The van der Waals surface area contributed by atoms with Crippen LogP contribution in [0.4, 0.5) is 0 Å². The fourth-order valence-corrected chi connectivity index (χ4v) is 2.20. The normalized spacial score (nSPS) is 31.8. The number of aliphatic hydroxyl groups is 3. The highest BCUT2D eigenvalue weighted by Gasteiger charge is 2.44. The van der Waals surface area contributed by atoms with Gasteiger partial charge in [0.05, 0.1) is 10.2 Å². The van der Waals surface area contributed by atoms with Gasteiger partial charge >= 0.3 is 5.69 Å². The minimum absolute atomic E-state index is 0.241. The summed E-state index contributed by atoms with van der Waals surface area (Å²) in [6.45, 7) is -0.523. The van der Waals surface area contributed by atoms with Gasteiger partial charge in [0.1, 0.15) is 18.3 Å². The maximum atomic E-state index is 11.8. The van der Waals surface area contributed by atoms with Crippen molar-refractivity contribution in [2.45, 2.75) is 24.5 Å². The summed E-state index contributed by atoms with van der Waals surface area (Å²) < 4.78 is 6.05. The Balaban J connectivity index is 2.48. The molecule has 1 fully saturated rings. The molecule has 1 saturated heterocycles. The minimum atomic E-state index is -1.46. The number of hydrogen-bond donors (Lipinski definition) is 4. The van der Waals surface area contributed by atoms with Crippen LogP contribution in [0.3, 0.4) is 0 Å². The molecule has 2 heterocycles. The van der Waals surface area contributed by atoms with Gasteiger partial charge in [-0.05, 0) is 22.6 Å². The number of aliphatic hydroxyl groups excluding tert-OH is 3. The predicted molar refractivity (Wildman–Crippen MR) is 67.0 cm³/mol. The second-order valence-corrected chi connectivity index (χ2v) is 5.01. The average Bonchev–Trinajstić information content (AvgIpc) is 2.62. The van der Waals surface area contributed by atoms with Gasteiger partial charge in [-0.15, -0.1) is 0 Å². The molecule has 1 unspecified atom stereocenters. The summed E-state index contributed by atoms with van der Waals surface area (Å²) in [7, 11) is 0. The number of aromatic amines is 1. The van der Waals surface area contributed by atoms with Crippen LogP contribution in [0.15, 0.2) is 15.8 Å². The van der Waals surface area contributed by atoms with Gasteiger partial charge in [-0.2, -0.15) is 0 Å². The molecule has 0 aliphatic carbocycles. The number of H-pyrrole nitrogens is 1. The highest BCUT2D eigenvalue weighted by atomic mass is 127. The van der Waals surface area contributed by atoms with Crippen LogP contribution in [-0.2, 0) is 4.74 Å². The molecule has 0 saturated carbocycles. The molecular weight excluding hydrogens is 359 g/mol. The molecule has 1 aliphatic heterocycles. The molecule has 4 N–H and O–H groups in total. The Kier molecular flexibility index (Phi) is 3.87. The van der Waals surface area contributed by atoms with Gasteiger partial charge in [-0.25, -0.2) is 9.36 Å². The number of nitrogens with one attached hydrogen (secondary N) is 1. The molecular formula is C9H11IN2O6. The van der Waals surface area contributed by atoms with Crippen molar-refractivity contribution in [3.05, 3.63) is 30.6 Å². The zero-order valence-corrected chi connectivity index (χ0v) is 11.1. The Morgan fingerprint density at radius 1 is 1.39 bits per heavy atom. The number of halogens is 1. The largest absolute Gasteiger partial charge is 0.394 e. The first-order valence-electron chi connectivity index (χ1n) is 5.09. The lowest BCUT2D eigenvalue weighted by Gasteiger charge is -2.16. The Morgan fingerprint density at radius 3 is 2.61 bits per heavy atom. The highest BCUT2D eigenvalue weighted by molar-refractivity contribution is 14.1. The van der Waals surface area contributed by atoms with E-state index in [9.17, 15) is 19.8 Å². The van der Waals surface area contributed by atoms with Crippen LogP contribution >= 0.6 is 22.6 Å². The molecule has 18 heavy (non-hydrogen) atoms. The van der Waals surface area contributed by atoms with Gasteiger partial charge < -0.3 is 25.0 Å². The first-order chi connectivity index (χ1) is 8.47. The van der Waals surface area contributed by atoms with Crippen LogP contribution in [0.2, 0.25) is 0 Å². The second-order valence-electron chi connectivity index (χ2n) is 3.85. The predicted octanol–water partition coefficient (Wildman–Crippen LogP) is -2.25. The van der Waals surface area contributed by atoms with Crippen molar-refractivity contribution in [3.8, 4) is 0 Å². The van der Waals surface area contributed by atoms with Gasteiger partial charge in [-0.3, -0.25) is 4.79 Å². The number of aromatic nitrogens is 2. The summed E-state index contributed by atoms with van der Waals surface area (Å²) in [4.78, 5) is 25.7. The molecule has 9 heteroatoms. The molecule has 0 amide bonds. The van der Waals surface area contributed by atoms with Gasteiger partial charge in [0.2, 0.25) is 0 Å². The van der Waals surface area contributed by atoms with E-state index in [2.05, 4.69) is 4.98 Å². The van der Waals surface area contributed by atoms with E-state index in [1.165, 1.54) is 6.20 Å². The maximum Gasteiger partial charge on any atom is 0.330 e. The summed E-state index contributed by atoms with van der Waals surface area (Å²) in [5.74, 6) is 0. The van der Waals surface area contributed by atoms with E-state index in [1.807, 2.05) is 0 Å². The van der Waals surface area contributed by atoms with Crippen molar-refractivity contribution in [2.24, 2.45) is 0 Å². The van der Waals surface area contributed by atoms with Crippen molar-refractivity contribution in [3.63, 3.8) is 0 Å². The molecule has 0 radical (unpaired) electrons. The number of ether oxygens (including phenoxy) is 1. The number of nitrogens with zero attached hydrogens (tertiary/aromatic N) is 1. The standard InChI is InChI=1S/C9H11IN2O6/c10-3-1-11-9(17)12(7(3)16)8-6(15)5(14)4(2-13)18-8/h1,4-6,8,13-15H,2H2,(H,11,17)/t4-,5-,6+,8?/m1/s1. The van der Waals surface area contributed by atoms with E-state index >= 15 is 0 Å². The molecule has 8 nitrogen and oxygen atoms in total. The van der Waals surface area contributed by atoms with Crippen LogP contribution < -0.4 is 11.2 Å². The topological polar surface area (TPSA) is 125 Å². The fraction of sp³-hybridized carbons (Fsp3) is 0.556. The van der Waals surface area contributed by atoms with Gasteiger partial charge in [0.15, 0.2) is 6.23 Å². The van der Waals surface area contributed by atoms with Crippen molar-refractivity contribution in [1.29, 1.82) is 0 Å². The van der Waals surface area contributed by atoms with Crippen molar-refractivity contribution >= 4 is 22.6 Å². The van der Waals surface area contributed by atoms with E-state index in [4.69, 9.17) is 9.84 Å². The monoisotopic (exact) mass is 370 g/mol. The van der Waals surface area contributed by atoms with Crippen LogP contribution in [-0.4, -0.2) is 49.8 Å². The Labute approximate surface area is 114 Å². The van der Waals surface area contributed by atoms with Crippen LogP contribution in [0, 0.1) is 3.57 Å². The van der Waals surface area contributed by atoms with E-state index < -0.39 is 42.4 Å². The molecule has 0 spiro atoms. The molecule has 0 aromatic carbocycles. The molecule has 100 valence electrons. The third kappa shape index (κ3) is 2.12. The van der Waals surface area contributed by atoms with Gasteiger partial charge in [0.25, 0.3) is 5.56 Å². The quantitative estimate of drug-likeness (QED) is 0.436. The fourth-order valence-electron chi connectivity index (χ4n) is 1.79. The molecule has 1 aromatic heterocycles. The first kappa shape index (κ1) is 13.7. The molecule has 1 aliphatic rings. The van der Waals surface area contributed by atoms with E-state index in [0.29, 0.717) is 4.57 Å². The Hall–Kier alpha value is -0.750. The van der Waals surface area contributed by atoms with Crippen molar-refractivity contribution in [2.75, 3.05) is 6.61 Å². The molecule has 4 atom stereocenters. The lowest BCUT2D eigenvalue weighted by atomic mass is 10.1. The maximum absolute atomic E-state index is 11.8. The summed E-state index contributed by atoms with van der Waals surface area (Å²) in [6.07, 6.45) is -3.93. The smallest absolute Gasteiger partial charge is 0.330 e. The molecule has 0 bridgehead atoms. The summed E-state index contributed by atoms with van der Waals surface area (Å²) in [5.41, 5.74) is -1.38. The Bertz CT molecular complexity index is 555. The third-order valence-corrected chi connectivity index (χ3v) is 3.51. The molecule has 1 aromatic rings. The second kappa shape index (κ2) is 5.09. The summed E-state index contributed by atoms with van der Waals surface area (Å²) in [6, 6.07) is 0. The zero-order chi connectivity index (χ0) is 13.4. The van der Waals surface area contributed by atoms with E-state index in [-0.39, 0.29) is 3.57 Å². The summed E-state index contributed by atoms with van der Waals surface area (Å²) in [5, 5.41) is 28.3. The van der Waals surface area contributed by atoms with Crippen LogP contribution in [0.5, 0.6) is 0 Å². The van der Waals surface area contributed by atoms with Gasteiger partial charge in [-0.1, -0.05) is 0 Å². The number of hydrogen-bond acceptors (Lipinski definition) is 6. The number of rotatable bonds is 2. The minimum Gasteiger partial charge on any atom is -0.394 e. The lowest BCUT2D eigenvalue weighted by molar-refractivity contribution is -0.0566. The van der Waals surface area contributed by atoms with Crippen LogP contribution in [0.1, 0.15) is 6.23 Å². The lowest BCUT2D eigenvalue weighted by Crippen LogP contribution is -2.43. The van der Waals surface area contributed by atoms with Gasteiger partial charge in [0, 0.05) is 6.20 Å². The molecule has 2 rings (SSSR count). The Morgan fingerprint density at radius 2 is 2.06 bits per heavy atom. The summed E-state index contributed by atoms with van der Waals surface area (Å²) >= 11 is 1.73. The van der Waals surface area contributed by atoms with Crippen molar-refractivity contribution < 1.29 is 20.1 Å². The van der Waals surface area contributed by atoms with Crippen LogP contribution in [0.25, 0.3) is 0 Å². The highest BCUT2D eigenvalue weighted by Crippen LogP contribution is 2.27.